The first-order valence-corrected chi connectivity index (χ1v) is 21.3. The zero-order chi connectivity index (χ0) is 37.6. The van der Waals surface area contributed by atoms with Gasteiger partial charge in [0.1, 0.15) is 0 Å². The van der Waals surface area contributed by atoms with Gasteiger partial charge in [-0.15, -0.1) is 0 Å². The Morgan fingerprint density at radius 1 is 0.214 bits per heavy atom. The molecule has 0 N–H and O–H groups in total. The number of hydrogen-bond donors (Lipinski definition) is 0. The highest BCUT2D eigenvalue weighted by atomic mass is 28.3. The summed E-state index contributed by atoms with van der Waals surface area (Å²) in [7, 11) is -2.72. The highest BCUT2D eigenvalue weighted by molar-refractivity contribution is 7.19. The lowest BCUT2D eigenvalue weighted by Crippen LogP contribution is -2.74. The molecule has 9 aromatic rings. The molecule has 56 heavy (non-hydrogen) atoms. The first-order chi connectivity index (χ1) is 27.8. The van der Waals surface area contributed by atoms with Crippen LogP contribution < -0.4 is 25.6 Å². The molecule has 0 saturated heterocycles. The van der Waals surface area contributed by atoms with Crippen molar-refractivity contribution in [1.29, 1.82) is 0 Å². The van der Waals surface area contributed by atoms with Gasteiger partial charge in [0, 0.05) is 17.1 Å². The van der Waals surface area contributed by atoms with Gasteiger partial charge in [-0.25, -0.2) is 0 Å². The molecule has 0 atom stereocenters. The van der Waals surface area contributed by atoms with E-state index < -0.39 is 8.07 Å². The lowest BCUT2D eigenvalue weighted by atomic mass is 9.99. The maximum Gasteiger partial charge on any atom is 0.179 e. The fraction of sp³-hybridized carbons (Fsp3) is 0. The molecular formula is C54H41NSi. The van der Waals surface area contributed by atoms with Gasteiger partial charge in [0.2, 0.25) is 0 Å². The van der Waals surface area contributed by atoms with E-state index in [0.29, 0.717) is 0 Å². The van der Waals surface area contributed by atoms with Gasteiger partial charge in [-0.3, -0.25) is 0 Å². The number of para-hydroxylation sites is 2. The molecule has 0 heterocycles. The molecule has 9 rings (SSSR count). The van der Waals surface area contributed by atoms with E-state index in [1.54, 1.807) is 0 Å². The van der Waals surface area contributed by atoms with Crippen LogP contribution in [0.4, 0.5) is 17.1 Å². The molecule has 0 spiro atoms. The van der Waals surface area contributed by atoms with Gasteiger partial charge in [-0.1, -0.05) is 206 Å². The summed E-state index contributed by atoms with van der Waals surface area (Å²) in [6.45, 7) is 0. The minimum Gasteiger partial charge on any atom is -0.311 e. The smallest absolute Gasteiger partial charge is 0.179 e. The van der Waals surface area contributed by atoms with E-state index in [9.17, 15) is 0 Å². The summed E-state index contributed by atoms with van der Waals surface area (Å²) in [5.41, 5.74) is 10.7. The summed E-state index contributed by atoms with van der Waals surface area (Å²) in [5.74, 6) is 0. The van der Waals surface area contributed by atoms with E-state index in [-0.39, 0.29) is 0 Å². The Morgan fingerprint density at radius 2 is 0.500 bits per heavy atom. The summed E-state index contributed by atoms with van der Waals surface area (Å²) in [6.07, 6.45) is 0. The van der Waals surface area contributed by atoms with Gasteiger partial charge in [-0.2, -0.15) is 0 Å². The summed E-state index contributed by atoms with van der Waals surface area (Å²) in [4.78, 5) is 2.30. The maximum absolute atomic E-state index is 2.72. The second-order valence-electron chi connectivity index (χ2n) is 14.1. The van der Waals surface area contributed by atoms with Crippen LogP contribution in [0.15, 0.2) is 249 Å². The molecule has 0 aromatic heterocycles. The molecule has 266 valence electrons. The van der Waals surface area contributed by atoms with Gasteiger partial charge in [-0.05, 0) is 96.6 Å². The van der Waals surface area contributed by atoms with Crippen molar-refractivity contribution in [3.63, 3.8) is 0 Å². The quantitative estimate of drug-likeness (QED) is 0.1000. The molecule has 2 heteroatoms. The van der Waals surface area contributed by atoms with E-state index in [4.69, 9.17) is 0 Å². The summed E-state index contributed by atoms with van der Waals surface area (Å²) >= 11 is 0. The van der Waals surface area contributed by atoms with E-state index in [0.717, 1.165) is 17.1 Å². The molecule has 0 unspecified atom stereocenters. The fourth-order valence-corrected chi connectivity index (χ4v) is 12.8. The molecule has 1 nitrogen and oxygen atoms in total. The topological polar surface area (TPSA) is 3.24 Å². The van der Waals surface area contributed by atoms with Gasteiger partial charge in [0.15, 0.2) is 8.07 Å². The minimum absolute atomic E-state index is 1.12. The average Bonchev–Trinajstić information content (AvgIpc) is 3.29. The second kappa shape index (κ2) is 15.8. The highest BCUT2D eigenvalue weighted by Gasteiger charge is 2.41. The lowest BCUT2D eigenvalue weighted by Gasteiger charge is -2.34. The fourth-order valence-electron chi connectivity index (χ4n) is 8.11. The first-order valence-electron chi connectivity index (χ1n) is 19.3. The van der Waals surface area contributed by atoms with Crippen molar-refractivity contribution in [2.45, 2.75) is 0 Å². The van der Waals surface area contributed by atoms with Crippen LogP contribution in [0.3, 0.4) is 0 Å². The van der Waals surface area contributed by atoms with Crippen LogP contribution in [0.25, 0.3) is 33.4 Å². The third kappa shape index (κ3) is 6.79. The highest BCUT2D eigenvalue weighted by Crippen LogP contribution is 2.35. The molecule has 0 fully saturated rings. The van der Waals surface area contributed by atoms with Gasteiger partial charge < -0.3 is 4.90 Å². The summed E-state index contributed by atoms with van der Waals surface area (Å²) in [6, 6.07) is 90.7. The third-order valence-electron chi connectivity index (χ3n) is 10.8. The number of anilines is 3. The second-order valence-corrected chi connectivity index (χ2v) is 17.9. The maximum atomic E-state index is 2.38. The normalized spacial score (nSPS) is 11.2. The van der Waals surface area contributed by atoms with Crippen molar-refractivity contribution in [3.05, 3.63) is 249 Å². The Bertz CT molecular complexity index is 2550. The largest absolute Gasteiger partial charge is 0.311 e. The van der Waals surface area contributed by atoms with Crippen molar-refractivity contribution >= 4 is 45.9 Å². The van der Waals surface area contributed by atoms with Crippen molar-refractivity contribution in [2.24, 2.45) is 0 Å². The predicted molar refractivity (Wildman–Crippen MR) is 241 cm³/mol. The number of benzene rings is 9. The van der Waals surface area contributed by atoms with E-state index in [1.165, 1.54) is 54.1 Å². The SMILES string of the molecule is c1ccc(-c2cccc(-c3ccc([Si](c4ccccc4)(c4ccccc4)c4ccc(-c5ccc(N(c6ccccc6)c6ccccc6)cc5)cc4)cc3)c2)cc1. The van der Waals surface area contributed by atoms with Crippen LogP contribution in [0.5, 0.6) is 0 Å². The Morgan fingerprint density at radius 3 is 0.929 bits per heavy atom. The van der Waals surface area contributed by atoms with Gasteiger partial charge >= 0.3 is 0 Å². The van der Waals surface area contributed by atoms with Crippen molar-refractivity contribution < 1.29 is 0 Å². The minimum atomic E-state index is -2.72. The zero-order valence-corrected chi connectivity index (χ0v) is 32.1. The molecular weight excluding hydrogens is 691 g/mol. The zero-order valence-electron chi connectivity index (χ0n) is 31.1. The molecule has 0 amide bonds. The molecule has 0 radical (unpaired) electrons. The number of hydrogen-bond acceptors (Lipinski definition) is 1. The van der Waals surface area contributed by atoms with E-state index in [2.05, 4.69) is 254 Å². The van der Waals surface area contributed by atoms with E-state index >= 15 is 0 Å². The standard InChI is InChI=1S/C54H41NSi/c1-6-17-42(18-7-1)46-19-16-20-47(41-46)45-33-39-54(40-34-45)56(51-25-12-4-13-26-51,52-27-14-5-15-28-52)53-37-31-44(32-38-53)43-29-35-50(36-30-43)55(48-21-8-2-9-22-48)49-23-10-3-11-24-49/h1-41H. The van der Waals surface area contributed by atoms with Gasteiger partial charge in [0.05, 0.1) is 0 Å². The van der Waals surface area contributed by atoms with Crippen LogP contribution >= 0.6 is 0 Å². The number of nitrogens with zero attached hydrogens (tertiary/aromatic N) is 1. The van der Waals surface area contributed by atoms with Crippen LogP contribution in [0.2, 0.25) is 0 Å². The molecule has 0 aliphatic heterocycles. The first kappa shape index (κ1) is 34.7. The Hall–Kier alpha value is -7.00. The lowest BCUT2D eigenvalue weighted by molar-refractivity contribution is 1.28. The Labute approximate surface area is 331 Å². The Balaban J connectivity index is 1.10. The Kier molecular flexibility index (Phi) is 9.78. The molecule has 0 saturated carbocycles. The van der Waals surface area contributed by atoms with Gasteiger partial charge in [0.25, 0.3) is 0 Å². The van der Waals surface area contributed by atoms with Crippen LogP contribution in [0.1, 0.15) is 0 Å². The molecule has 9 aromatic carbocycles. The summed E-state index contributed by atoms with van der Waals surface area (Å²) in [5, 5.41) is 5.44. The number of rotatable bonds is 10. The van der Waals surface area contributed by atoms with Crippen molar-refractivity contribution in [2.75, 3.05) is 4.90 Å². The molecule has 0 bridgehead atoms. The predicted octanol–water partition coefficient (Wildman–Crippen LogP) is 11.5. The van der Waals surface area contributed by atoms with E-state index in [1.807, 2.05) is 0 Å². The van der Waals surface area contributed by atoms with Crippen LogP contribution in [0, 0.1) is 0 Å². The monoisotopic (exact) mass is 731 g/mol. The third-order valence-corrected chi connectivity index (χ3v) is 15.6. The van der Waals surface area contributed by atoms with Crippen LogP contribution in [-0.4, -0.2) is 8.07 Å². The van der Waals surface area contributed by atoms with Crippen LogP contribution in [-0.2, 0) is 0 Å². The summed E-state index contributed by atoms with van der Waals surface area (Å²) < 4.78 is 0. The molecule has 0 aliphatic rings. The van der Waals surface area contributed by atoms with Crippen molar-refractivity contribution in [1.82, 2.24) is 0 Å². The average molecular weight is 732 g/mol. The van der Waals surface area contributed by atoms with Crippen molar-refractivity contribution in [3.8, 4) is 33.4 Å². The molecule has 0 aliphatic carbocycles.